The Bertz CT molecular complexity index is 290. The number of rotatable bonds is 1. The molecule has 1 heterocycles. The van der Waals surface area contributed by atoms with Crippen LogP contribution in [0.5, 0.6) is 0 Å². The lowest BCUT2D eigenvalue weighted by Gasteiger charge is -2.28. The molecule has 1 fully saturated rings. The summed E-state index contributed by atoms with van der Waals surface area (Å²) in [7, 11) is 0. The van der Waals surface area contributed by atoms with Gasteiger partial charge in [0, 0.05) is 11.7 Å². The third-order valence-electron chi connectivity index (χ3n) is 2.53. The maximum atomic E-state index is 5.81. The second-order valence-corrected chi connectivity index (χ2v) is 3.41. The number of nitrogens with one attached hydrogen (secondary N) is 1. The molecule has 12 heavy (non-hydrogen) atoms. The van der Waals surface area contributed by atoms with E-state index in [-0.39, 0.29) is 0 Å². The van der Waals surface area contributed by atoms with E-state index in [9.17, 15) is 0 Å². The smallest absolute Gasteiger partial charge is 0.0347 e. The van der Waals surface area contributed by atoms with E-state index in [1.54, 1.807) is 0 Å². The van der Waals surface area contributed by atoms with Gasteiger partial charge in [0.1, 0.15) is 0 Å². The molecular weight excluding hydrogens is 148 g/mol. The number of nitrogens with two attached hydrogens (primary N) is 1. The van der Waals surface area contributed by atoms with E-state index in [0.717, 1.165) is 17.8 Å². The van der Waals surface area contributed by atoms with Gasteiger partial charge in [-0.05, 0) is 37.1 Å². The van der Waals surface area contributed by atoms with E-state index in [4.69, 9.17) is 5.73 Å². The van der Waals surface area contributed by atoms with Crippen molar-refractivity contribution in [3.05, 3.63) is 29.3 Å². The van der Waals surface area contributed by atoms with Gasteiger partial charge in [-0.1, -0.05) is 12.1 Å². The van der Waals surface area contributed by atoms with Crippen molar-refractivity contribution in [2.24, 2.45) is 0 Å². The first kappa shape index (κ1) is 7.62. The summed E-state index contributed by atoms with van der Waals surface area (Å²) in [4.78, 5) is 0. The van der Waals surface area contributed by atoms with E-state index in [1.165, 1.54) is 12.0 Å². The number of nitrogen functional groups attached to an aromatic ring is 1. The van der Waals surface area contributed by atoms with E-state index in [2.05, 4.69) is 23.5 Å². The Labute approximate surface area is 72.8 Å². The van der Waals surface area contributed by atoms with Gasteiger partial charge in [0.05, 0.1) is 0 Å². The molecule has 2 heteroatoms. The summed E-state index contributed by atoms with van der Waals surface area (Å²) in [5.74, 6) is 0. The maximum absolute atomic E-state index is 5.81. The highest BCUT2D eigenvalue weighted by atomic mass is 15.0. The Morgan fingerprint density at radius 1 is 1.50 bits per heavy atom. The van der Waals surface area contributed by atoms with Gasteiger partial charge in [-0.25, -0.2) is 0 Å². The van der Waals surface area contributed by atoms with Crippen LogP contribution in [0.15, 0.2) is 18.2 Å². The summed E-state index contributed by atoms with van der Waals surface area (Å²) in [5.41, 5.74) is 9.20. The van der Waals surface area contributed by atoms with E-state index >= 15 is 0 Å². The third-order valence-corrected chi connectivity index (χ3v) is 2.53. The number of hydrogen-bond donors (Lipinski definition) is 2. The zero-order chi connectivity index (χ0) is 8.55. The molecule has 0 amide bonds. The molecule has 1 aliphatic rings. The minimum Gasteiger partial charge on any atom is -0.399 e. The summed E-state index contributed by atoms with van der Waals surface area (Å²) < 4.78 is 0. The molecule has 0 saturated carbocycles. The highest BCUT2D eigenvalue weighted by Crippen LogP contribution is 2.25. The van der Waals surface area contributed by atoms with Gasteiger partial charge in [0.2, 0.25) is 0 Å². The summed E-state index contributed by atoms with van der Waals surface area (Å²) in [5, 5.41) is 3.35. The van der Waals surface area contributed by atoms with Crippen LogP contribution in [0, 0.1) is 6.92 Å². The van der Waals surface area contributed by atoms with Gasteiger partial charge in [-0.15, -0.1) is 0 Å². The van der Waals surface area contributed by atoms with E-state index < -0.39 is 0 Å². The molecule has 0 radical (unpaired) electrons. The van der Waals surface area contributed by atoms with Crippen LogP contribution in [-0.2, 0) is 0 Å². The molecule has 2 nitrogen and oxygen atoms in total. The largest absolute Gasteiger partial charge is 0.399 e. The van der Waals surface area contributed by atoms with Gasteiger partial charge in [0.15, 0.2) is 0 Å². The fraction of sp³-hybridized carbons (Fsp3) is 0.400. The summed E-state index contributed by atoms with van der Waals surface area (Å²) in [6, 6.07) is 6.87. The SMILES string of the molecule is Cc1ccc(C2CCN2)cc1N. The molecule has 0 bridgehead atoms. The lowest BCUT2D eigenvalue weighted by molar-refractivity contribution is 0.383. The van der Waals surface area contributed by atoms with Crippen molar-refractivity contribution in [2.45, 2.75) is 19.4 Å². The van der Waals surface area contributed by atoms with Crippen molar-refractivity contribution >= 4 is 5.69 Å². The minimum absolute atomic E-state index is 0.549. The van der Waals surface area contributed by atoms with Gasteiger partial charge < -0.3 is 11.1 Å². The third kappa shape index (κ3) is 1.18. The molecule has 1 unspecified atom stereocenters. The Morgan fingerprint density at radius 2 is 2.25 bits per heavy atom. The van der Waals surface area contributed by atoms with Crippen molar-refractivity contribution in [1.29, 1.82) is 0 Å². The van der Waals surface area contributed by atoms with Crippen LogP contribution in [0.2, 0.25) is 0 Å². The standard InChI is InChI=1S/C10H14N2/c1-7-2-3-8(6-9(7)11)10-4-5-12-10/h2-3,6,10,12H,4-5,11H2,1H3. The Morgan fingerprint density at radius 3 is 2.75 bits per heavy atom. The van der Waals surface area contributed by atoms with Crippen LogP contribution in [0.3, 0.4) is 0 Å². The summed E-state index contributed by atoms with van der Waals surface area (Å²) in [6.45, 7) is 3.17. The minimum atomic E-state index is 0.549. The summed E-state index contributed by atoms with van der Waals surface area (Å²) >= 11 is 0. The van der Waals surface area contributed by atoms with Crippen molar-refractivity contribution < 1.29 is 0 Å². The molecule has 1 aliphatic heterocycles. The van der Waals surface area contributed by atoms with Gasteiger partial charge in [0.25, 0.3) is 0 Å². The fourth-order valence-electron chi connectivity index (χ4n) is 1.45. The number of anilines is 1. The molecule has 2 rings (SSSR count). The molecule has 1 aromatic carbocycles. The molecule has 1 aromatic rings. The van der Waals surface area contributed by atoms with E-state index in [0.29, 0.717) is 6.04 Å². The van der Waals surface area contributed by atoms with Gasteiger partial charge in [-0.2, -0.15) is 0 Å². The van der Waals surface area contributed by atoms with Gasteiger partial charge in [-0.3, -0.25) is 0 Å². The maximum Gasteiger partial charge on any atom is 0.0347 e. The second kappa shape index (κ2) is 2.79. The van der Waals surface area contributed by atoms with Crippen molar-refractivity contribution in [3.63, 3.8) is 0 Å². The van der Waals surface area contributed by atoms with Crippen molar-refractivity contribution in [1.82, 2.24) is 5.32 Å². The second-order valence-electron chi connectivity index (χ2n) is 3.41. The number of benzene rings is 1. The van der Waals surface area contributed by atoms with Gasteiger partial charge >= 0.3 is 0 Å². The van der Waals surface area contributed by atoms with Crippen molar-refractivity contribution in [3.8, 4) is 0 Å². The van der Waals surface area contributed by atoms with Crippen LogP contribution in [-0.4, -0.2) is 6.54 Å². The lowest BCUT2D eigenvalue weighted by Crippen LogP contribution is -2.34. The highest BCUT2D eigenvalue weighted by Gasteiger charge is 2.18. The first-order valence-corrected chi connectivity index (χ1v) is 4.37. The number of hydrogen-bond acceptors (Lipinski definition) is 2. The zero-order valence-electron chi connectivity index (χ0n) is 7.30. The lowest BCUT2D eigenvalue weighted by atomic mass is 9.96. The van der Waals surface area contributed by atoms with Crippen LogP contribution in [0.25, 0.3) is 0 Å². The fourth-order valence-corrected chi connectivity index (χ4v) is 1.45. The highest BCUT2D eigenvalue weighted by molar-refractivity contribution is 5.49. The topological polar surface area (TPSA) is 38.0 Å². The van der Waals surface area contributed by atoms with Crippen LogP contribution < -0.4 is 11.1 Å². The summed E-state index contributed by atoms with van der Waals surface area (Å²) in [6.07, 6.45) is 1.24. The average molecular weight is 162 g/mol. The Hall–Kier alpha value is -1.02. The van der Waals surface area contributed by atoms with Crippen molar-refractivity contribution in [2.75, 3.05) is 12.3 Å². The van der Waals surface area contributed by atoms with Crippen LogP contribution in [0.4, 0.5) is 5.69 Å². The first-order valence-electron chi connectivity index (χ1n) is 4.37. The number of aryl methyl sites for hydroxylation is 1. The first-order chi connectivity index (χ1) is 5.77. The average Bonchev–Trinajstić information content (AvgIpc) is 1.93. The zero-order valence-corrected chi connectivity index (χ0v) is 7.30. The predicted octanol–water partition coefficient (Wildman–Crippen LogP) is 1.61. The molecule has 0 aromatic heterocycles. The Balaban J connectivity index is 2.27. The van der Waals surface area contributed by atoms with Crippen LogP contribution in [0.1, 0.15) is 23.6 Å². The molecule has 3 N–H and O–H groups in total. The van der Waals surface area contributed by atoms with Crippen LogP contribution >= 0.6 is 0 Å². The molecule has 0 spiro atoms. The molecule has 64 valence electrons. The monoisotopic (exact) mass is 162 g/mol. The van der Waals surface area contributed by atoms with E-state index in [1.807, 2.05) is 6.92 Å². The molecule has 0 aliphatic carbocycles. The molecular formula is C10H14N2. The quantitative estimate of drug-likeness (QED) is 0.616. The molecule has 1 atom stereocenters. The Kier molecular flexibility index (Phi) is 1.77. The predicted molar refractivity (Wildman–Crippen MR) is 51.0 cm³/mol. The normalized spacial score (nSPS) is 21.9. The molecule has 1 saturated heterocycles.